The number of hydrogen-bond acceptors (Lipinski definition) is 4. The molecule has 2 rings (SSSR count). The second kappa shape index (κ2) is 8.43. The number of rotatable bonds is 6. The highest BCUT2D eigenvalue weighted by Crippen LogP contribution is 2.33. The lowest BCUT2D eigenvalue weighted by Crippen LogP contribution is -2.45. The Morgan fingerprint density at radius 2 is 2.05 bits per heavy atom. The maximum absolute atomic E-state index is 9.24. The molecule has 1 aliphatic carbocycles. The number of nitriles is 1. The molecule has 1 fully saturated rings. The lowest BCUT2D eigenvalue weighted by atomic mass is 9.83. The summed E-state index contributed by atoms with van der Waals surface area (Å²) in [5.41, 5.74) is 1.27. The van der Waals surface area contributed by atoms with Crippen LogP contribution < -0.4 is 0 Å². The van der Waals surface area contributed by atoms with Crippen molar-refractivity contribution in [2.75, 3.05) is 13.2 Å². The third-order valence-corrected chi connectivity index (χ3v) is 4.77. The molecule has 0 amide bonds. The van der Waals surface area contributed by atoms with Gasteiger partial charge in [0.2, 0.25) is 0 Å². The van der Waals surface area contributed by atoms with Crippen molar-refractivity contribution < 1.29 is 4.18 Å². The fourth-order valence-corrected chi connectivity index (χ4v) is 3.65. The van der Waals surface area contributed by atoms with Gasteiger partial charge in [-0.1, -0.05) is 43.2 Å². The monoisotopic (exact) mass is 304 g/mol. The summed E-state index contributed by atoms with van der Waals surface area (Å²) in [5.74, 6) is 0.468. The smallest absolute Gasteiger partial charge is 0.0873 e. The van der Waals surface area contributed by atoms with Gasteiger partial charge in [0.05, 0.1) is 19.2 Å². The van der Waals surface area contributed by atoms with Gasteiger partial charge in [-0.2, -0.15) is 5.26 Å². The van der Waals surface area contributed by atoms with Crippen LogP contribution in [0.2, 0.25) is 0 Å². The van der Waals surface area contributed by atoms with E-state index in [-0.39, 0.29) is 6.04 Å². The van der Waals surface area contributed by atoms with Crippen molar-refractivity contribution in [2.45, 2.75) is 44.7 Å². The molecule has 0 bridgehead atoms. The van der Waals surface area contributed by atoms with Crippen molar-refractivity contribution in [3.63, 3.8) is 0 Å². The topological polar surface area (TPSA) is 36.3 Å². The Labute approximate surface area is 133 Å². The minimum atomic E-state index is 0.247. The van der Waals surface area contributed by atoms with Gasteiger partial charge in [-0.3, -0.25) is 4.90 Å². The van der Waals surface area contributed by atoms with Crippen molar-refractivity contribution in [1.82, 2.24) is 4.90 Å². The summed E-state index contributed by atoms with van der Waals surface area (Å²) in [6.45, 7) is 3.32. The van der Waals surface area contributed by atoms with Crippen LogP contribution in [0.4, 0.5) is 0 Å². The van der Waals surface area contributed by atoms with Gasteiger partial charge in [0.25, 0.3) is 0 Å². The molecule has 0 saturated heterocycles. The lowest BCUT2D eigenvalue weighted by molar-refractivity contribution is 0.0610. The van der Waals surface area contributed by atoms with Crippen LogP contribution in [0.3, 0.4) is 0 Å². The molecule has 0 radical (unpaired) electrons. The summed E-state index contributed by atoms with van der Waals surface area (Å²) < 4.78 is 5.11. The molecule has 0 N–H and O–H groups in total. The zero-order valence-electron chi connectivity index (χ0n) is 12.6. The Bertz CT molecular complexity index is 458. The third kappa shape index (κ3) is 4.23. The van der Waals surface area contributed by atoms with E-state index in [4.69, 9.17) is 4.18 Å². The summed E-state index contributed by atoms with van der Waals surface area (Å²) in [4.78, 5) is 2.34. The molecule has 1 aromatic carbocycles. The molecular weight excluding hydrogens is 280 g/mol. The molecule has 1 aromatic rings. The Morgan fingerprint density at radius 3 is 2.71 bits per heavy atom. The molecule has 0 aliphatic heterocycles. The molecule has 21 heavy (non-hydrogen) atoms. The minimum Gasteiger partial charge on any atom is -0.318 e. The van der Waals surface area contributed by atoms with Gasteiger partial charge in [0, 0.05) is 12.1 Å². The molecule has 4 heteroatoms. The average molecular weight is 304 g/mol. The summed E-state index contributed by atoms with van der Waals surface area (Å²) >= 11 is 3.93. The zero-order valence-corrected chi connectivity index (χ0v) is 13.5. The summed E-state index contributed by atoms with van der Waals surface area (Å²) in [5, 5.41) is 9.24. The first-order valence-corrected chi connectivity index (χ1v) is 8.08. The van der Waals surface area contributed by atoms with Crippen LogP contribution in [0, 0.1) is 17.2 Å². The molecule has 0 aromatic heterocycles. The number of thiol groups is 1. The van der Waals surface area contributed by atoms with Crippen LogP contribution >= 0.6 is 12.9 Å². The van der Waals surface area contributed by atoms with E-state index in [0.29, 0.717) is 25.1 Å². The predicted octanol–water partition coefficient (Wildman–Crippen LogP) is 3.99. The van der Waals surface area contributed by atoms with Crippen molar-refractivity contribution in [3.05, 3.63) is 35.9 Å². The van der Waals surface area contributed by atoms with Crippen molar-refractivity contribution in [1.29, 1.82) is 5.26 Å². The van der Waals surface area contributed by atoms with Crippen LogP contribution in [0.1, 0.15) is 44.2 Å². The van der Waals surface area contributed by atoms with E-state index >= 15 is 0 Å². The van der Waals surface area contributed by atoms with E-state index in [1.54, 1.807) is 0 Å². The van der Waals surface area contributed by atoms with Crippen LogP contribution in [0.5, 0.6) is 0 Å². The first-order valence-electron chi connectivity index (χ1n) is 7.72. The van der Waals surface area contributed by atoms with Crippen molar-refractivity contribution >= 4 is 12.9 Å². The van der Waals surface area contributed by atoms with Crippen LogP contribution in [0.15, 0.2) is 30.3 Å². The predicted molar refractivity (Wildman–Crippen MR) is 87.9 cm³/mol. The van der Waals surface area contributed by atoms with Gasteiger partial charge in [-0.15, -0.1) is 0 Å². The number of nitrogens with zero attached hydrogens (tertiary/aromatic N) is 2. The van der Waals surface area contributed by atoms with E-state index in [9.17, 15) is 5.26 Å². The Hall–Kier alpha value is -1.02. The Balaban J connectivity index is 2.18. The Kier molecular flexibility index (Phi) is 6.56. The highest BCUT2D eigenvalue weighted by molar-refractivity contribution is 7.75. The lowest BCUT2D eigenvalue weighted by Gasteiger charge is -2.41. The minimum absolute atomic E-state index is 0.247. The van der Waals surface area contributed by atoms with Gasteiger partial charge >= 0.3 is 0 Å². The van der Waals surface area contributed by atoms with E-state index in [2.05, 4.69) is 55.1 Å². The summed E-state index contributed by atoms with van der Waals surface area (Å²) in [6, 6.07) is 13.4. The molecule has 3 atom stereocenters. The van der Waals surface area contributed by atoms with Crippen molar-refractivity contribution in [2.24, 2.45) is 5.92 Å². The highest BCUT2D eigenvalue weighted by atomic mass is 32.1. The first-order chi connectivity index (χ1) is 10.3. The number of hydrogen-bond donors (Lipinski definition) is 1. The van der Waals surface area contributed by atoms with Crippen molar-refractivity contribution in [3.8, 4) is 6.07 Å². The fourth-order valence-electron chi connectivity index (χ4n) is 3.46. The first kappa shape index (κ1) is 16.4. The molecule has 0 heterocycles. The number of benzene rings is 1. The van der Waals surface area contributed by atoms with Crippen LogP contribution in [-0.2, 0) is 4.18 Å². The Morgan fingerprint density at radius 1 is 1.33 bits per heavy atom. The van der Waals surface area contributed by atoms with E-state index in [0.717, 1.165) is 12.8 Å². The van der Waals surface area contributed by atoms with E-state index < -0.39 is 0 Å². The largest absolute Gasteiger partial charge is 0.318 e. The van der Waals surface area contributed by atoms with Gasteiger partial charge in [0.15, 0.2) is 0 Å². The molecule has 0 spiro atoms. The SMILES string of the molecule is C[C@@H](c1ccccc1)N(CC#N)[C@H]1CCCC[C@@H]1COS. The standard InChI is InChI=1S/C17H24N2OS/c1-14(15-7-3-2-4-8-15)19(12-11-18)17-10-6-5-9-16(17)13-20-21/h2-4,7-8,14,16-17,21H,5-6,9-10,12-13H2,1H3/t14-,16+,17-/m0/s1. The second-order valence-electron chi connectivity index (χ2n) is 5.82. The summed E-state index contributed by atoms with van der Waals surface area (Å²) in [7, 11) is 0. The molecule has 3 nitrogen and oxygen atoms in total. The molecular formula is C17H24N2OS. The molecule has 0 unspecified atom stereocenters. The third-order valence-electron chi connectivity index (χ3n) is 4.62. The maximum atomic E-state index is 9.24. The molecule has 1 saturated carbocycles. The van der Waals surface area contributed by atoms with Gasteiger partial charge < -0.3 is 4.18 Å². The zero-order chi connectivity index (χ0) is 15.1. The second-order valence-corrected chi connectivity index (χ2v) is 6.08. The molecule has 1 aliphatic rings. The average Bonchev–Trinajstić information content (AvgIpc) is 2.54. The fraction of sp³-hybridized carbons (Fsp3) is 0.588. The van der Waals surface area contributed by atoms with E-state index in [1.807, 2.05) is 6.07 Å². The van der Waals surface area contributed by atoms with Crippen LogP contribution in [-0.4, -0.2) is 24.1 Å². The molecule has 114 valence electrons. The normalized spacial score (nSPS) is 23.7. The maximum Gasteiger partial charge on any atom is 0.0873 e. The van der Waals surface area contributed by atoms with Gasteiger partial charge in [-0.05, 0) is 44.2 Å². The van der Waals surface area contributed by atoms with Crippen LogP contribution in [0.25, 0.3) is 0 Å². The van der Waals surface area contributed by atoms with Gasteiger partial charge in [-0.25, -0.2) is 0 Å². The quantitative estimate of drug-likeness (QED) is 0.490. The highest BCUT2D eigenvalue weighted by Gasteiger charge is 2.33. The summed E-state index contributed by atoms with van der Waals surface area (Å²) in [6.07, 6.45) is 4.78. The van der Waals surface area contributed by atoms with E-state index in [1.165, 1.54) is 18.4 Å². The van der Waals surface area contributed by atoms with Gasteiger partial charge in [0.1, 0.15) is 0 Å².